The summed E-state index contributed by atoms with van der Waals surface area (Å²) >= 11 is 0. The number of carbonyl (C=O) groups excluding carboxylic acids is 1. The highest BCUT2D eigenvalue weighted by Crippen LogP contribution is 2.35. The Morgan fingerprint density at radius 3 is 2.63 bits per heavy atom. The second kappa shape index (κ2) is 7.89. The third kappa shape index (κ3) is 3.92. The van der Waals surface area contributed by atoms with Crippen LogP contribution in [-0.2, 0) is 14.8 Å². The fourth-order valence-electron chi connectivity index (χ4n) is 3.35. The lowest BCUT2D eigenvalue weighted by Gasteiger charge is -2.22. The Balaban J connectivity index is 1.43. The van der Waals surface area contributed by atoms with E-state index < -0.39 is 15.9 Å². The number of aromatic nitrogens is 2. The average molecular weight is 423 g/mol. The van der Waals surface area contributed by atoms with Gasteiger partial charge in [-0.3, -0.25) is 4.79 Å². The first-order chi connectivity index (χ1) is 14.4. The van der Waals surface area contributed by atoms with Gasteiger partial charge in [0.05, 0.1) is 34.1 Å². The molecule has 154 valence electrons. The summed E-state index contributed by atoms with van der Waals surface area (Å²) in [5, 5.41) is 11.6. The molecule has 30 heavy (non-hydrogen) atoms. The summed E-state index contributed by atoms with van der Waals surface area (Å²) in [5.41, 5.74) is 2.62. The number of imidazole rings is 1. The summed E-state index contributed by atoms with van der Waals surface area (Å²) in [4.78, 5) is 20.4. The van der Waals surface area contributed by atoms with Crippen LogP contribution in [0.25, 0.3) is 11.0 Å². The summed E-state index contributed by atoms with van der Waals surface area (Å²) < 4.78 is 26.3. The number of hydrogen-bond acceptors (Lipinski definition) is 5. The number of carbonyl (C=O) groups is 1. The van der Waals surface area contributed by atoms with Crippen LogP contribution in [-0.4, -0.2) is 42.2 Å². The van der Waals surface area contributed by atoms with E-state index >= 15 is 0 Å². The lowest BCUT2D eigenvalue weighted by molar-refractivity contribution is -0.116. The molecule has 0 radical (unpaired) electrons. The summed E-state index contributed by atoms with van der Waals surface area (Å²) in [7, 11) is -2.50. The van der Waals surface area contributed by atoms with Gasteiger partial charge in [-0.2, -0.15) is 9.57 Å². The van der Waals surface area contributed by atoms with E-state index in [2.05, 4.69) is 15.3 Å². The highest BCUT2D eigenvalue weighted by molar-refractivity contribution is 7.89. The monoisotopic (exact) mass is 423 g/mol. The van der Waals surface area contributed by atoms with Crippen LogP contribution < -0.4 is 5.32 Å². The van der Waals surface area contributed by atoms with Crippen LogP contribution in [0.3, 0.4) is 0 Å². The molecular weight excluding hydrogens is 402 g/mol. The lowest BCUT2D eigenvalue weighted by atomic mass is 9.85. The second-order valence-corrected chi connectivity index (χ2v) is 9.47. The average Bonchev–Trinajstić information content (AvgIpc) is 3.08. The molecule has 0 saturated heterocycles. The number of fused-ring (bicyclic) bond motifs is 1. The zero-order chi connectivity index (χ0) is 21.3. The molecule has 1 saturated carbocycles. The summed E-state index contributed by atoms with van der Waals surface area (Å²) in [6.07, 6.45) is 3.51. The van der Waals surface area contributed by atoms with E-state index in [1.54, 1.807) is 12.1 Å². The zero-order valence-corrected chi connectivity index (χ0v) is 17.2. The van der Waals surface area contributed by atoms with Crippen molar-refractivity contribution in [1.29, 1.82) is 5.26 Å². The predicted molar refractivity (Wildman–Crippen MR) is 112 cm³/mol. The maximum Gasteiger partial charge on any atom is 0.243 e. The van der Waals surface area contributed by atoms with Gasteiger partial charge < -0.3 is 10.3 Å². The van der Waals surface area contributed by atoms with Crippen molar-refractivity contribution in [3.05, 3.63) is 53.9 Å². The number of nitriles is 1. The zero-order valence-electron chi connectivity index (χ0n) is 16.4. The number of aromatic amines is 1. The molecular formula is C21H21N5O3S. The molecule has 3 aromatic rings. The molecule has 0 bridgehead atoms. The molecule has 1 heterocycles. The summed E-state index contributed by atoms with van der Waals surface area (Å²) in [5.74, 6) is 1.01. The van der Waals surface area contributed by atoms with Crippen molar-refractivity contribution in [1.82, 2.24) is 14.3 Å². The predicted octanol–water partition coefficient (Wildman–Crippen LogP) is 2.96. The first-order valence-electron chi connectivity index (χ1n) is 9.63. The van der Waals surface area contributed by atoms with Gasteiger partial charge >= 0.3 is 0 Å². The van der Waals surface area contributed by atoms with E-state index in [0.717, 1.165) is 34.0 Å². The van der Waals surface area contributed by atoms with Gasteiger partial charge in [0.15, 0.2) is 0 Å². The van der Waals surface area contributed by atoms with Crippen molar-refractivity contribution >= 4 is 32.7 Å². The van der Waals surface area contributed by atoms with Crippen molar-refractivity contribution in [2.45, 2.75) is 30.1 Å². The second-order valence-electron chi connectivity index (χ2n) is 7.43. The van der Waals surface area contributed by atoms with Crippen molar-refractivity contribution in [2.75, 3.05) is 18.9 Å². The molecule has 0 unspecified atom stereocenters. The van der Waals surface area contributed by atoms with Crippen molar-refractivity contribution in [2.24, 2.45) is 0 Å². The first kappa shape index (κ1) is 20.1. The molecule has 1 amide bonds. The van der Waals surface area contributed by atoms with Crippen LogP contribution in [0.4, 0.5) is 5.69 Å². The van der Waals surface area contributed by atoms with E-state index in [1.807, 2.05) is 12.1 Å². The number of likely N-dealkylation sites (N-methyl/N-ethyl adjacent to an activating group) is 1. The molecule has 1 aliphatic rings. The number of nitrogens with one attached hydrogen (secondary N) is 2. The smallest absolute Gasteiger partial charge is 0.243 e. The molecule has 0 spiro atoms. The van der Waals surface area contributed by atoms with Gasteiger partial charge in [-0.15, -0.1) is 0 Å². The van der Waals surface area contributed by atoms with Crippen LogP contribution in [0, 0.1) is 11.3 Å². The Labute approximate surface area is 174 Å². The highest BCUT2D eigenvalue weighted by Gasteiger charge is 2.24. The van der Waals surface area contributed by atoms with Gasteiger partial charge in [-0.05, 0) is 55.3 Å². The van der Waals surface area contributed by atoms with Gasteiger partial charge in [-0.25, -0.2) is 13.4 Å². The number of sulfonamides is 1. The number of hydrogen-bond donors (Lipinski definition) is 2. The first-order valence-corrected chi connectivity index (χ1v) is 11.1. The van der Waals surface area contributed by atoms with Crippen LogP contribution in [0.5, 0.6) is 0 Å². The molecule has 2 N–H and O–H groups in total. The lowest BCUT2D eigenvalue weighted by Crippen LogP contribution is -2.34. The molecule has 9 heteroatoms. The van der Waals surface area contributed by atoms with Crippen molar-refractivity contribution < 1.29 is 13.2 Å². The number of anilines is 1. The van der Waals surface area contributed by atoms with Gasteiger partial charge in [0.1, 0.15) is 5.82 Å². The fourth-order valence-corrected chi connectivity index (χ4v) is 4.48. The van der Waals surface area contributed by atoms with E-state index in [9.17, 15) is 13.2 Å². The fraction of sp³-hybridized carbons (Fsp3) is 0.286. The Bertz CT molecular complexity index is 1240. The number of nitrogens with zero attached hydrogens (tertiary/aromatic N) is 3. The molecule has 1 fully saturated rings. The topological polar surface area (TPSA) is 119 Å². The van der Waals surface area contributed by atoms with E-state index in [-0.39, 0.29) is 11.4 Å². The Hall–Kier alpha value is -3.22. The molecule has 0 atom stereocenters. The summed E-state index contributed by atoms with van der Waals surface area (Å²) in [6.45, 7) is -0.337. The van der Waals surface area contributed by atoms with Crippen LogP contribution in [0.1, 0.15) is 36.6 Å². The minimum atomic E-state index is -3.84. The standard InChI is InChI=1S/C21H21N5O3S/c1-26(30(28,29)17-8-5-14(12-22)6-9-17)13-20(27)23-16-7-10-18-19(11-16)25-21(24-18)15-3-2-4-15/h5-11,15H,2-4,13H2,1H3,(H,23,27)(H,24,25). The number of benzene rings is 2. The molecule has 0 aliphatic heterocycles. The SMILES string of the molecule is CN(CC(=O)Nc1ccc2nc(C3CCC3)[nH]c2c1)S(=O)(=O)c1ccc(C#N)cc1. The molecule has 1 aliphatic carbocycles. The van der Waals surface area contributed by atoms with Gasteiger partial charge in [0.25, 0.3) is 0 Å². The third-order valence-electron chi connectivity index (χ3n) is 5.33. The normalized spacial score (nSPS) is 14.4. The molecule has 1 aromatic heterocycles. The number of H-pyrrole nitrogens is 1. The van der Waals surface area contributed by atoms with E-state index in [0.29, 0.717) is 17.2 Å². The third-order valence-corrected chi connectivity index (χ3v) is 7.15. The Kier molecular flexibility index (Phi) is 5.28. The van der Waals surface area contributed by atoms with Crippen molar-refractivity contribution in [3.63, 3.8) is 0 Å². The largest absolute Gasteiger partial charge is 0.342 e. The quantitative estimate of drug-likeness (QED) is 0.632. The Morgan fingerprint density at radius 1 is 1.27 bits per heavy atom. The van der Waals surface area contributed by atoms with E-state index in [4.69, 9.17) is 5.26 Å². The van der Waals surface area contributed by atoms with Crippen molar-refractivity contribution in [3.8, 4) is 6.07 Å². The number of amides is 1. The van der Waals surface area contributed by atoms with Crippen LogP contribution >= 0.6 is 0 Å². The maximum atomic E-state index is 12.6. The molecule has 4 rings (SSSR count). The van der Waals surface area contributed by atoms with E-state index in [1.165, 1.54) is 37.7 Å². The highest BCUT2D eigenvalue weighted by atomic mass is 32.2. The maximum absolute atomic E-state index is 12.6. The Morgan fingerprint density at radius 2 is 2.00 bits per heavy atom. The van der Waals surface area contributed by atoms with Gasteiger partial charge in [-0.1, -0.05) is 6.42 Å². The minimum absolute atomic E-state index is 0.0270. The van der Waals surface area contributed by atoms with Crippen LogP contribution in [0.2, 0.25) is 0 Å². The molecule has 2 aromatic carbocycles. The number of rotatable bonds is 6. The molecule has 8 nitrogen and oxygen atoms in total. The van der Waals surface area contributed by atoms with Crippen LogP contribution in [0.15, 0.2) is 47.4 Å². The van der Waals surface area contributed by atoms with Gasteiger partial charge in [0, 0.05) is 18.7 Å². The summed E-state index contributed by atoms with van der Waals surface area (Å²) in [6, 6.07) is 12.9. The minimum Gasteiger partial charge on any atom is -0.342 e. The van der Waals surface area contributed by atoms with Gasteiger partial charge in [0.2, 0.25) is 15.9 Å².